The predicted octanol–water partition coefficient (Wildman–Crippen LogP) is 5.69. The Morgan fingerprint density at radius 3 is 1.71 bits per heavy atom. The summed E-state index contributed by atoms with van der Waals surface area (Å²) in [5.41, 5.74) is 4.28. The fraction of sp³-hybridized carbons (Fsp3) is 0.161. The largest absolute Gasteiger partial charge is 0.497 e. The molecule has 0 radical (unpaired) electrons. The zero-order valence-corrected chi connectivity index (χ0v) is 19.9. The minimum atomic E-state index is -0.925. The number of aliphatic hydroxyl groups is 1. The van der Waals surface area contributed by atoms with Crippen molar-refractivity contribution in [1.29, 1.82) is 0 Å². The van der Waals surface area contributed by atoms with Crippen LogP contribution in [0.1, 0.15) is 33.4 Å². The molecule has 176 valence electrons. The van der Waals surface area contributed by atoms with Crippen molar-refractivity contribution in [2.45, 2.75) is 18.8 Å². The van der Waals surface area contributed by atoms with Gasteiger partial charge in [0.05, 0.1) is 27.4 Å². The van der Waals surface area contributed by atoms with Crippen molar-refractivity contribution >= 4 is 0 Å². The summed E-state index contributed by atoms with van der Waals surface area (Å²) < 4.78 is 17.7. The monoisotopic (exact) mass is 464 g/mol. The lowest BCUT2D eigenvalue weighted by atomic mass is 9.80. The number of terminal acetylenes is 1. The van der Waals surface area contributed by atoms with Gasteiger partial charge < -0.3 is 19.3 Å². The van der Waals surface area contributed by atoms with Gasteiger partial charge in [-0.1, -0.05) is 66.6 Å². The van der Waals surface area contributed by atoms with Crippen LogP contribution in [0.3, 0.4) is 0 Å². The molecule has 4 aromatic rings. The summed E-state index contributed by atoms with van der Waals surface area (Å²) in [5, 5.41) is 9.71. The molecular formula is C31H28O4. The van der Waals surface area contributed by atoms with Gasteiger partial charge in [0, 0.05) is 5.56 Å². The zero-order valence-electron chi connectivity index (χ0n) is 19.9. The molecule has 4 rings (SSSR count). The normalized spacial score (nSPS) is 11.0. The molecule has 0 saturated carbocycles. The van der Waals surface area contributed by atoms with Crippen LogP contribution in [0.2, 0.25) is 0 Å². The first-order chi connectivity index (χ1) is 17.1. The third kappa shape index (κ3) is 5.07. The van der Waals surface area contributed by atoms with Gasteiger partial charge in [-0.05, 0) is 64.2 Å². The first-order valence-corrected chi connectivity index (χ1v) is 11.3. The lowest BCUT2D eigenvalue weighted by Crippen LogP contribution is -2.32. The number of ether oxygens (including phenoxy) is 3. The second-order valence-electron chi connectivity index (χ2n) is 8.13. The molecule has 0 atom stereocenters. The van der Waals surface area contributed by atoms with Crippen LogP contribution >= 0.6 is 0 Å². The van der Waals surface area contributed by atoms with Crippen LogP contribution in [0.25, 0.3) is 0 Å². The van der Waals surface area contributed by atoms with Crippen molar-refractivity contribution in [2.24, 2.45) is 0 Å². The van der Waals surface area contributed by atoms with E-state index in [0.29, 0.717) is 5.56 Å². The molecule has 0 amide bonds. The molecule has 4 aromatic carbocycles. The Hall–Kier alpha value is -4.04. The van der Waals surface area contributed by atoms with Crippen molar-refractivity contribution < 1.29 is 19.3 Å². The number of hydrogen-bond acceptors (Lipinski definition) is 4. The second-order valence-corrected chi connectivity index (χ2v) is 8.13. The Balaban J connectivity index is 1.89. The molecule has 4 nitrogen and oxygen atoms in total. The van der Waals surface area contributed by atoms with E-state index in [1.165, 1.54) is 0 Å². The van der Waals surface area contributed by atoms with Crippen LogP contribution in [0.5, 0.6) is 11.5 Å². The van der Waals surface area contributed by atoms with Crippen molar-refractivity contribution in [3.63, 3.8) is 0 Å². The minimum absolute atomic E-state index is 0.0939. The lowest BCUT2D eigenvalue weighted by molar-refractivity contribution is 0.000135. The first-order valence-electron chi connectivity index (χ1n) is 11.3. The summed E-state index contributed by atoms with van der Waals surface area (Å²) in [5.74, 6) is 4.19. The van der Waals surface area contributed by atoms with Gasteiger partial charge in [-0.25, -0.2) is 0 Å². The Morgan fingerprint density at radius 2 is 1.23 bits per heavy atom. The van der Waals surface area contributed by atoms with Crippen LogP contribution in [0, 0.1) is 12.3 Å². The van der Waals surface area contributed by atoms with E-state index in [-0.39, 0.29) is 13.2 Å². The van der Waals surface area contributed by atoms with Crippen LogP contribution < -0.4 is 9.47 Å². The summed E-state index contributed by atoms with van der Waals surface area (Å²) in [6.45, 7) is 0.179. The quantitative estimate of drug-likeness (QED) is 0.256. The van der Waals surface area contributed by atoms with E-state index >= 15 is 0 Å². The van der Waals surface area contributed by atoms with Crippen LogP contribution in [-0.4, -0.2) is 19.3 Å². The summed E-state index contributed by atoms with van der Waals surface area (Å²) >= 11 is 0. The van der Waals surface area contributed by atoms with E-state index in [0.717, 1.165) is 39.3 Å². The molecule has 0 aliphatic carbocycles. The summed E-state index contributed by atoms with van der Waals surface area (Å²) in [7, 11) is 3.30. The van der Waals surface area contributed by atoms with E-state index in [4.69, 9.17) is 20.6 Å². The molecule has 0 heterocycles. The maximum Gasteiger partial charge on any atom is 0.144 e. The molecule has 0 saturated heterocycles. The maximum absolute atomic E-state index is 9.71. The number of hydrogen-bond donors (Lipinski definition) is 1. The highest BCUT2D eigenvalue weighted by Crippen LogP contribution is 2.42. The Labute approximate surface area is 206 Å². The Morgan fingerprint density at radius 1 is 0.714 bits per heavy atom. The zero-order chi connectivity index (χ0) is 24.7. The fourth-order valence-corrected chi connectivity index (χ4v) is 4.29. The molecule has 0 aromatic heterocycles. The van der Waals surface area contributed by atoms with Gasteiger partial charge in [0.2, 0.25) is 0 Å². The fourth-order valence-electron chi connectivity index (χ4n) is 4.29. The van der Waals surface area contributed by atoms with E-state index in [9.17, 15) is 5.11 Å². The predicted molar refractivity (Wildman–Crippen MR) is 137 cm³/mol. The smallest absolute Gasteiger partial charge is 0.144 e. The molecule has 0 unspecified atom stereocenters. The lowest BCUT2D eigenvalue weighted by Gasteiger charge is -2.36. The molecule has 0 spiro atoms. The van der Waals surface area contributed by atoms with E-state index in [1.54, 1.807) is 20.3 Å². The number of rotatable bonds is 9. The van der Waals surface area contributed by atoms with Gasteiger partial charge in [0.1, 0.15) is 17.1 Å². The standard InChI is InChI=1S/C31H28O4/c1-4-23-18-24(21-32)20-25(19-23)22-35-31(26-8-6-5-7-9-26,27-10-14-29(33-2)15-11-27)28-12-16-30(34-3)17-13-28/h1,5-20,32H,21-22H2,2-3H3. The van der Waals surface area contributed by atoms with Crippen LogP contribution in [0.15, 0.2) is 97.1 Å². The molecule has 0 aliphatic rings. The minimum Gasteiger partial charge on any atom is -0.497 e. The molecule has 1 N–H and O–H groups in total. The number of aliphatic hydroxyl groups excluding tert-OH is 1. The van der Waals surface area contributed by atoms with E-state index in [1.807, 2.05) is 78.9 Å². The third-order valence-electron chi connectivity index (χ3n) is 6.03. The Kier molecular flexibility index (Phi) is 7.52. The van der Waals surface area contributed by atoms with Gasteiger partial charge in [0.15, 0.2) is 0 Å². The summed E-state index contributed by atoms with van der Waals surface area (Å²) in [6, 6.07) is 31.6. The average molecular weight is 465 g/mol. The SMILES string of the molecule is C#Cc1cc(CO)cc(COC(c2ccccc2)(c2ccc(OC)cc2)c2ccc(OC)cc2)c1. The highest BCUT2D eigenvalue weighted by molar-refractivity contribution is 5.50. The second kappa shape index (κ2) is 10.9. The van der Waals surface area contributed by atoms with Crippen LogP contribution in [-0.2, 0) is 23.6 Å². The van der Waals surface area contributed by atoms with Gasteiger partial charge in [0.25, 0.3) is 0 Å². The summed E-state index contributed by atoms with van der Waals surface area (Å²) in [4.78, 5) is 0. The molecule has 35 heavy (non-hydrogen) atoms. The number of methoxy groups -OCH3 is 2. The van der Waals surface area contributed by atoms with Gasteiger partial charge in [-0.3, -0.25) is 0 Å². The topological polar surface area (TPSA) is 47.9 Å². The molecule has 0 bridgehead atoms. The van der Waals surface area contributed by atoms with Gasteiger partial charge in [-0.15, -0.1) is 6.42 Å². The molecule has 4 heteroatoms. The maximum atomic E-state index is 9.71. The highest BCUT2D eigenvalue weighted by Gasteiger charge is 2.38. The van der Waals surface area contributed by atoms with Crippen molar-refractivity contribution in [3.05, 3.63) is 130 Å². The summed E-state index contributed by atoms with van der Waals surface area (Å²) in [6.07, 6.45) is 5.66. The first kappa shape index (κ1) is 24.1. The van der Waals surface area contributed by atoms with E-state index < -0.39 is 5.60 Å². The van der Waals surface area contributed by atoms with Crippen molar-refractivity contribution in [2.75, 3.05) is 14.2 Å². The highest BCUT2D eigenvalue weighted by atomic mass is 16.5. The van der Waals surface area contributed by atoms with Crippen LogP contribution in [0.4, 0.5) is 0 Å². The van der Waals surface area contributed by atoms with Gasteiger partial charge in [-0.2, -0.15) is 0 Å². The van der Waals surface area contributed by atoms with Gasteiger partial charge >= 0.3 is 0 Å². The van der Waals surface area contributed by atoms with Crippen molar-refractivity contribution in [3.8, 4) is 23.8 Å². The van der Waals surface area contributed by atoms with Crippen molar-refractivity contribution in [1.82, 2.24) is 0 Å². The Bertz CT molecular complexity index is 1240. The third-order valence-corrected chi connectivity index (χ3v) is 6.03. The average Bonchev–Trinajstić information content (AvgIpc) is 2.94. The molecular weight excluding hydrogens is 436 g/mol. The molecule has 0 fully saturated rings. The van der Waals surface area contributed by atoms with E-state index in [2.05, 4.69) is 18.1 Å². The number of benzene rings is 4. The molecule has 0 aliphatic heterocycles.